The summed E-state index contributed by atoms with van der Waals surface area (Å²) in [6.07, 6.45) is 1.75. The molecule has 3 aromatic rings. The molecule has 0 saturated carbocycles. The average molecular weight is 292 g/mol. The Kier molecular flexibility index (Phi) is 3.17. The van der Waals surface area contributed by atoms with Gasteiger partial charge in [0.05, 0.1) is 11.6 Å². The molecule has 0 aliphatic heterocycles. The first-order valence-electron chi connectivity index (χ1n) is 5.86. The zero-order valence-corrected chi connectivity index (χ0v) is 11.8. The fraction of sp³-hybridized carbons (Fsp3) is 0.143. The third-order valence-corrected chi connectivity index (χ3v) is 3.73. The predicted octanol–water partition coefficient (Wildman–Crippen LogP) is 4.12. The molecule has 0 N–H and O–H groups in total. The first-order chi connectivity index (χ1) is 9.22. The van der Waals surface area contributed by atoms with E-state index in [0.717, 1.165) is 33.3 Å². The molecule has 2 heterocycles. The van der Waals surface area contributed by atoms with Crippen molar-refractivity contribution in [2.24, 2.45) is 0 Å². The van der Waals surface area contributed by atoms with Gasteiger partial charge < -0.3 is 0 Å². The summed E-state index contributed by atoms with van der Waals surface area (Å²) in [5.41, 5.74) is 3.57. The van der Waals surface area contributed by atoms with Gasteiger partial charge in [0.1, 0.15) is 11.3 Å². The second-order valence-corrected chi connectivity index (χ2v) is 4.90. The summed E-state index contributed by atoms with van der Waals surface area (Å²) in [6, 6.07) is 9.56. The fourth-order valence-electron chi connectivity index (χ4n) is 2.14. The van der Waals surface area contributed by atoms with Gasteiger partial charge in [0.2, 0.25) is 0 Å². The van der Waals surface area contributed by atoms with Crippen LogP contribution in [0.15, 0.2) is 36.5 Å². The van der Waals surface area contributed by atoms with Crippen LogP contribution in [0, 0.1) is 6.92 Å². The van der Waals surface area contributed by atoms with Gasteiger partial charge in [-0.2, -0.15) is 0 Å². The van der Waals surface area contributed by atoms with Crippen molar-refractivity contribution in [3.05, 3.63) is 52.9 Å². The van der Waals surface area contributed by atoms with Crippen molar-refractivity contribution >= 4 is 34.4 Å². The maximum atomic E-state index is 6.19. The van der Waals surface area contributed by atoms with E-state index in [-0.39, 0.29) is 0 Å². The summed E-state index contributed by atoms with van der Waals surface area (Å²) >= 11 is 12.2. The molecule has 0 atom stereocenters. The van der Waals surface area contributed by atoms with E-state index < -0.39 is 0 Å². The maximum absolute atomic E-state index is 6.19. The average Bonchev–Trinajstić information content (AvgIpc) is 2.80. The van der Waals surface area contributed by atoms with E-state index >= 15 is 0 Å². The highest BCUT2D eigenvalue weighted by Gasteiger charge is 2.14. The van der Waals surface area contributed by atoms with E-state index in [1.54, 1.807) is 6.20 Å². The fourth-order valence-corrected chi connectivity index (χ4v) is 2.49. The monoisotopic (exact) mass is 291 g/mol. The van der Waals surface area contributed by atoms with Gasteiger partial charge >= 0.3 is 0 Å². The Morgan fingerprint density at radius 2 is 2.05 bits per heavy atom. The summed E-state index contributed by atoms with van der Waals surface area (Å²) in [6.45, 7) is 1.98. The molecule has 0 aliphatic rings. The summed E-state index contributed by atoms with van der Waals surface area (Å²) in [7, 11) is 0. The second kappa shape index (κ2) is 4.83. The number of benzene rings is 1. The van der Waals surface area contributed by atoms with Crippen molar-refractivity contribution in [2.75, 3.05) is 0 Å². The minimum Gasteiger partial charge on any atom is -0.279 e. The number of alkyl halides is 1. The van der Waals surface area contributed by atoms with Crippen LogP contribution in [0.3, 0.4) is 0 Å². The van der Waals surface area contributed by atoms with Crippen LogP contribution in [0.1, 0.15) is 11.4 Å². The van der Waals surface area contributed by atoms with Gasteiger partial charge in [-0.25, -0.2) is 9.97 Å². The Morgan fingerprint density at radius 3 is 2.84 bits per heavy atom. The lowest BCUT2D eigenvalue weighted by Gasteiger charge is -2.11. The molecular weight excluding hydrogens is 281 g/mol. The van der Waals surface area contributed by atoms with Crippen LogP contribution in [0.5, 0.6) is 0 Å². The van der Waals surface area contributed by atoms with Crippen LogP contribution in [0.4, 0.5) is 0 Å². The molecule has 0 bridgehead atoms. The molecule has 0 radical (unpaired) electrons. The third kappa shape index (κ3) is 1.99. The van der Waals surface area contributed by atoms with Crippen molar-refractivity contribution < 1.29 is 0 Å². The molecule has 0 aliphatic carbocycles. The first-order valence-corrected chi connectivity index (χ1v) is 6.77. The largest absolute Gasteiger partial charge is 0.279 e. The highest BCUT2D eigenvalue weighted by atomic mass is 35.5. The van der Waals surface area contributed by atoms with Crippen LogP contribution >= 0.6 is 23.2 Å². The van der Waals surface area contributed by atoms with Crippen LogP contribution in [-0.2, 0) is 5.88 Å². The zero-order valence-electron chi connectivity index (χ0n) is 10.3. The summed E-state index contributed by atoms with van der Waals surface area (Å²) in [5, 5.41) is 0.718. The lowest BCUT2D eigenvalue weighted by atomic mass is 10.2. The first kappa shape index (κ1) is 12.5. The summed E-state index contributed by atoms with van der Waals surface area (Å²) < 4.78 is 1.96. The normalized spacial score (nSPS) is 11.1. The Labute approximate surface area is 120 Å². The van der Waals surface area contributed by atoms with Crippen LogP contribution in [0.2, 0.25) is 5.02 Å². The number of fused-ring (bicyclic) bond motifs is 1. The van der Waals surface area contributed by atoms with Gasteiger partial charge in [-0.15, -0.1) is 11.6 Å². The highest BCUT2D eigenvalue weighted by molar-refractivity contribution is 6.31. The predicted molar refractivity (Wildman–Crippen MR) is 78.2 cm³/mol. The molecule has 0 spiro atoms. The molecule has 3 rings (SSSR count). The molecule has 3 nitrogen and oxygen atoms in total. The third-order valence-electron chi connectivity index (χ3n) is 3.09. The number of hydrogen-bond acceptors (Lipinski definition) is 2. The van der Waals surface area contributed by atoms with Crippen molar-refractivity contribution in [2.45, 2.75) is 12.8 Å². The SMILES string of the molecule is Cc1c(Cl)cccc1-n1c(CCl)nc2cccnc21. The molecule has 0 amide bonds. The van der Waals surface area contributed by atoms with E-state index in [9.17, 15) is 0 Å². The molecule has 2 aromatic heterocycles. The van der Waals surface area contributed by atoms with E-state index in [4.69, 9.17) is 23.2 Å². The smallest absolute Gasteiger partial charge is 0.164 e. The van der Waals surface area contributed by atoms with Gasteiger partial charge in [0.25, 0.3) is 0 Å². The molecule has 0 saturated heterocycles. The number of aromatic nitrogens is 3. The van der Waals surface area contributed by atoms with Crippen LogP contribution < -0.4 is 0 Å². The molecule has 19 heavy (non-hydrogen) atoms. The van der Waals surface area contributed by atoms with Gasteiger partial charge in [-0.1, -0.05) is 17.7 Å². The van der Waals surface area contributed by atoms with Crippen LogP contribution in [0.25, 0.3) is 16.9 Å². The second-order valence-electron chi connectivity index (χ2n) is 4.23. The van der Waals surface area contributed by atoms with E-state index in [0.29, 0.717) is 5.88 Å². The minimum atomic E-state index is 0.322. The quantitative estimate of drug-likeness (QED) is 0.665. The molecule has 5 heteroatoms. The molecule has 1 aromatic carbocycles. The number of rotatable bonds is 2. The van der Waals surface area contributed by atoms with Gasteiger partial charge in [-0.3, -0.25) is 4.57 Å². The minimum absolute atomic E-state index is 0.322. The van der Waals surface area contributed by atoms with Crippen molar-refractivity contribution in [1.82, 2.24) is 14.5 Å². The van der Waals surface area contributed by atoms with Gasteiger partial charge in [0, 0.05) is 11.2 Å². The van der Waals surface area contributed by atoms with Crippen molar-refractivity contribution in [3.63, 3.8) is 0 Å². The molecule has 96 valence electrons. The highest BCUT2D eigenvalue weighted by Crippen LogP contribution is 2.27. The maximum Gasteiger partial charge on any atom is 0.164 e. The van der Waals surface area contributed by atoms with Crippen LogP contribution in [-0.4, -0.2) is 14.5 Å². The van der Waals surface area contributed by atoms with Crippen molar-refractivity contribution in [1.29, 1.82) is 0 Å². The zero-order chi connectivity index (χ0) is 13.4. The summed E-state index contributed by atoms with van der Waals surface area (Å²) in [4.78, 5) is 8.90. The number of imidazole rings is 1. The Hall–Kier alpha value is -1.58. The number of halogens is 2. The topological polar surface area (TPSA) is 30.7 Å². The van der Waals surface area contributed by atoms with Gasteiger partial charge in [0.15, 0.2) is 5.65 Å². The number of hydrogen-bond donors (Lipinski definition) is 0. The van der Waals surface area contributed by atoms with Crippen molar-refractivity contribution in [3.8, 4) is 5.69 Å². The summed E-state index contributed by atoms with van der Waals surface area (Å²) in [5.74, 6) is 1.09. The Morgan fingerprint density at radius 1 is 1.21 bits per heavy atom. The molecule has 0 unspecified atom stereocenters. The molecular formula is C14H11Cl2N3. The lowest BCUT2D eigenvalue weighted by molar-refractivity contribution is 0.961. The van der Waals surface area contributed by atoms with E-state index in [2.05, 4.69) is 9.97 Å². The molecule has 0 fully saturated rings. The number of pyridine rings is 1. The lowest BCUT2D eigenvalue weighted by Crippen LogP contribution is -2.02. The Balaban J connectivity index is 2.38. The van der Waals surface area contributed by atoms with Gasteiger partial charge in [-0.05, 0) is 36.8 Å². The van der Waals surface area contributed by atoms with E-state index in [1.807, 2.05) is 41.8 Å². The standard InChI is InChI=1S/C14H11Cl2N3/c1-9-10(16)4-2-6-12(9)19-13(8-15)18-11-5-3-7-17-14(11)19/h2-7H,8H2,1H3. The van der Waals surface area contributed by atoms with E-state index in [1.165, 1.54) is 0 Å². The number of nitrogens with zero attached hydrogens (tertiary/aromatic N) is 3. The Bertz CT molecular complexity index is 750.